The molecule has 0 atom stereocenters. The number of benzene rings is 2. The fourth-order valence-electron chi connectivity index (χ4n) is 3.30. The van der Waals surface area contributed by atoms with Crippen molar-refractivity contribution in [2.45, 2.75) is 11.6 Å². The van der Waals surface area contributed by atoms with E-state index in [1.165, 1.54) is 28.6 Å². The van der Waals surface area contributed by atoms with Crippen LogP contribution in [0.2, 0.25) is 5.02 Å². The van der Waals surface area contributed by atoms with Crippen LogP contribution in [-0.4, -0.2) is 63.5 Å². The van der Waals surface area contributed by atoms with E-state index in [9.17, 15) is 18.5 Å². The van der Waals surface area contributed by atoms with Crippen molar-refractivity contribution in [1.82, 2.24) is 24.0 Å². The molecule has 31 heavy (non-hydrogen) atoms. The first-order valence-electron chi connectivity index (χ1n) is 9.45. The number of aromatic nitrogens is 3. The van der Waals surface area contributed by atoms with Crippen LogP contribution in [0.1, 0.15) is 0 Å². The van der Waals surface area contributed by atoms with Gasteiger partial charge in [-0.2, -0.15) is 4.31 Å². The summed E-state index contributed by atoms with van der Waals surface area (Å²) in [5.74, 6) is 0.471. The number of hydrogen-bond acceptors (Lipinski definition) is 7. The zero-order chi connectivity index (χ0) is 22.0. The van der Waals surface area contributed by atoms with Gasteiger partial charge in [0.25, 0.3) is 5.69 Å². The molecular formula is C19H19ClN6O4S. The molecule has 0 spiro atoms. The molecule has 2 aromatic carbocycles. The Balaban J connectivity index is 1.36. The summed E-state index contributed by atoms with van der Waals surface area (Å²) in [6, 6.07) is 12.2. The van der Waals surface area contributed by atoms with Crippen molar-refractivity contribution in [3.8, 4) is 11.4 Å². The third-order valence-electron chi connectivity index (χ3n) is 5.00. The first-order chi connectivity index (χ1) is 14.8. The van der Waals surface area contributed by atoms with E-state index in [0.717, 1.165) is 0 Å². The third-order valence-corrected chi connectivity index (χ3v) is 7.17. The first-order valence-corrected chi connectivity index (χ1v) is 11.3. The lowest BCUT2D eigenvalue weighted by atomic mass is 10.2. The lowest BCUT2D eigenvalue weighted by Gasteiger charge is -2.33. The van der Waals surface area contributed by atoms with Gasteiger partial charge in [0.1, 0.15) is 6.33 Å². The highest BCUT2D eigenvalue weighted by Gasteiger charge is 2.28. The summed E-state index contributed by atoms with van der Waals surface area (Å²) in [6.07, 6.45) is 1.59. The normalized spacial score (nSPS) is 15.8. The predicted molar refractivity (Wildman–Crippen MR) is 114 cm³/mol. The average Bonchev–Trinajstić information content (AvgIpc) is 3.23. The van der Waals surface area contributed by atoms with E-state index in [-0.39, 0.29) is 10.6 Å². The molecule has 0 amide bonds. The summed E-state index contributed by atoms with van der Waals surface area (Å²) in [6.45, 7) is 2.32. The minimum absolute atomic E-state index is 0.00889. The summed E-state index contributed by atoms with van der Waals surface area (Å²) in [4.78, 5) is 16.9. The zero-order valence-corrected chi connectivity index (χ0v) is 17.9. The molecule has 1 aliphatic rings. The van der Waals surface area contributed by atoms with Crippen molar-refractivity contribution in [1.29, 1.82) is 0 Å². The molecular weight excluding hydrogens is 444 g/mol. The van der Waals surface area contributed by atoms with Gasteiger partial charge in [0.05, 0.1) is 16.5 Å². The summed E-state index contributed by atoms with van der Waals surface area (Å²) in [7, 11) is -3.55. The molecule has 3 aromatic rings. The Morgan fingerprint density at radius 2 is 1.65 bits per heavy atom. The van der Waals surface area contributed by atoms with Gasteiger partial charge in [-0.1, -0.05) is 11.6 Å². The van der Waals surface area contributed by atoms with Gasteiger partial charge >= 0.3 is 0 Å². The smallest absolute Gasteiger partial charge is 0.269 e. The van der Waals surface area contributed by atoms with Crippen molar-refractivity contribution in [3.05, 3.63) is 70.0 Å². The Kier molecular flexibility index (Phi) is 6.01. The molecule has 1 aliphatic heterocycles. The highest BCUT2D eigenvalue weighted by atomic mass is 35.5. The molecule has 0 saturated carbocycles. The van der Waals surface area contributed by atoms with Crippen LogP contribution in [0.25, 0.3) is 11.4 Å². The number of sulfonamides is 1. The lowest BCUT2D eigenvalue weighted by molar-refractivity contribution is -0.384. The van der Waals surface area contributed by atoms with E-state index in [4.69, 9.17) is 11.6 Å². The second-order valence-electron chi connectivity index (χ2n) is 7.03. The Morgan fingerprint density at radius 1 is 1.00 bits per heavy atom. The van der Waals surface area contributed by atoms with Gasteiger partial charge in [0, 0.05) is 48.9 Å². The molecule has 2 heterocycles. The Bertz CT molecular complexity index is 1170. The van der Waals surface area contributed by atoms with E-state index in [0.29, 0.717) is 49.3 Å². The second-order valence-corrected chi connectivity index (χ2v) is 9.40. The van der Waals surface area contributed by atoms with Gasteiger partial charge in [0.2, 0.25) is 10.0 Å². The van der Waals surface area contributed by atoms with E-state index >= 15 is 0 Å². The van der Waals surface area contributed by atoms with E-state index in [2.05, 4.69) is 15.0 Å². The van der Waals surface area contributed by atoms with E-state index in [1.807, 2.05) is 0 Å². The average molecular weight is 463 g/mol. The number of nitrogens with zero attached hydrogens (tertiary/aromatic N) is 6. The van der Waals surface area contributed by atoms with Gasteiger partial charge in [-0.3, -0.25) is 15.0 Å². The Morgan fingerprint density at radius 3 is 2.26 bits per heavy atom. The first kappa shape index (κ1) is 21.4. The van der Waals surface area contributed by atoms with Crippen LogP contribution in [0.4, 0.5) is 5.69 Å². The van der Waals surface area contributed by atoms with E-state index < -0.39 is 14.9 Å². The number of hydrogen-bond donors (Lipinski definition) is 0. The van der Waals surface area contributed by atoms with E-state index in [1.54, 1.807) is 35.3 Å². The van der Waals surface area contributed by atoms with Crippen LogP contribution < -0.4 is 0 Å². The minimum atomic E-state index is -3.55. The second kappa shape index (κ2) is 8.71. The van der Waals surface area contributed by atoms with Crippen molar-refractivity contribution in [3.63, 3.8) is 0 Å². The van der Waals surface area contributed by atoms with Crippen molar-refractivity contribution in [2.75, 3.05) is 26.2 Å². The Labute approximate surface area is 183 Å². The molecule has 1 saturated heterocycles. The topological polar surface area (TPSA) is 114 Å². The molecule has 0 bridgehead atoms. The van der Waals surface area contributed by atoms with Gasteiger partial charge in [-0.15, -0.1) is 5.10 Å². The molecule has 0 N–H and O–H groups in total. The number of halogens is 1. The summed E-state index contributed by atoms with van der Waals surface area (Å²) in [5, 5.41) is 15.7. The largest absolute Gasteiger partial charge is 0.282 e. The van der Waals surface area contributed by atoms with Gasteiger partial charge in [-0.05, 0) is 36.4 Å². The maximum absolute atomic E-state index is 12.8. The number of nitro benzene ring substituents is 1. The van der Waals surface area contributed by atoms with Crippen LogP contribution in [0, 0.1) is 10.1 Å². The number of rotatable bonds is 6. The zero-order valence-electron chi connectivity index (χ0n) is 16.3. The third kappa shape index (κ3) is 4.74. The quantitative estimate of drug-likeness (QED) is 0.408. The maximum atomic E-state index is 12.8. The highest BCUT2D eigenvalue weighted by molar-refractivity contribution is 7.89. The summed E-state index contributed by atoms with van der Waals surface area (Å²) < 4.78 is 28.7. The molecule has 0 radical (unpaired) electrons. The molecule has 1 aromatic heterocycles. The van der Waals surface area contributed by atoms with Crippen LogP contribution in [0.3, 0.4) is 0 Å². The summed E-state index contributed by atoms with van der Waals surface area (Å²) in [5.41, 5.74) is 0.692. The van der Waals surface area contributed by atoms with Gasteiger partial charge < -0.3 is 0 Å². The molecule has 162 valence electrons. The van der Waals surface area contributed by atoms with Crippen LogP contribution >= 0.6 is 11.6 Å². The fourth-order valence-corrected chi connectivity index (χ4v) is 4.85. The van der Waals surface area contributed by atoms with Crippen molar-refractivity contribution in [2.24, 2.45) is 0 Å². The molecule has 12 heteroatoms. The number of piperazine rings is 1. The summed E-state index contributed by atoms with van der Waals surface area (Å²) >= 11 is 5.85. The standard InChI is InChI=1S/C19H19ClN6O4S/c20-16-3-7-18(8-4-16)31(29,30)25-11-9-23(10-12-25)14-24-13-21-19(22-24)15-1-5-17(6-2-15)26(27)28/h1-8,13H,9-12,14H2. The van der Waals surface area contributed by atoms with Gasteiger partial charge in [-0.25, -0.2) is 18.1 Å². The molecule has 4 rings (SSSR count). The molecule has 0 aliphatic carbocycles. The number of non-ortho nitro benzene ring substituents is 1. The van der Waals surface area contributed by atoms with Crippen molar-refractivity contribution >= 4 is 27.3 Å². The molecule has 10 nitrogen and oxygen atoms in total. The van der Waals surface area contributed by atoms with Crippen LogP contribution in [0.5, 0.6) is 0 Å². The Hall–Kier alpha value is -2.86. The molecule has 0 unspecified atom stereocenters. The van der Waals surface area contributed by atoms with Crippen LogP contribution in [0.15, 0.2) is 59.8 Å². The molecule has 1 fully saturated rings. The SMILES string of the molecule is O=[N+]([O-])c1ccc(-c2ncn(CN3CCN(S(=O)(=O)c4ccc(Cl)cc4)CC3)n2)cc1. The monoisotopic (exact) mass is 462 g/mol. The lowest BCUT2D eigenvalue weighted by Crippen LogP contribution is -2.48. The highest BCUT2D eigenvalue weighted by Crippen LogP contribution is 2.21. The fraction of sp³-hybridized carbons (Fsp3) is 0.263. The minimum Gasteiger partial charge on any atom is -0.282 e. The van der Waals surface area contributed by atoms with Gasteiger partial charge in [0.15, 0.2) is 5.82 Å². The maximum Gasteiger partial charge on any atom is 0.269 e. The van der Waals surface area contributed by atoms with Crippen molar-refractivity contribution < 1.29 is 13.3 Å². The predicted octanol–water partition coefficient (Wildman–Crippen LogP) is 2.47. The van der Waals surface area contributed by atoms with Crippen LogP contribution in [-0.2, 0) is 16.7 Å². The number of nitro groups is 1.